The van der Waals surface area contributed by atoms with E-state index in [1.807, 2.05) is 41.8 Å². The third kappa shape index (κ3) is 5.32. The van der Waals surface area contributed by atoms with Gasteiger partial charge in [0.25, 0.3) is 5.91 Å². The van der Waals surface area contributed by atoms with Crippen LogP contribution in [0.2, 0.25) is 0 Å². The van der Waals surface area contributed by atoms with Gasteiger partial charge in [0.1, 0.15) is 17.2 Å². The van der Waals surface area contributed by atoms with Crippen molar-refractivity contribution >= 4 is 34.0 Å². The molecule has 0 saturated heterocycles. The minimum atomic E-state index is -0.188. The molecule has 4 rings (SSSR count). The Labute approximate surface area is 183 Å². The lowest BCUT2D eigenvalue weighted by molar-refractivity contribution is -0.118. The zero-order valence-electron chi connectivity index (χ0n) is 16.8. The van der Waals surface area contributed by atoms with Crippen molar-refractivity contribution in [2.45, 2.75) is 12.8 Å². The maximum atomic E-state index is 12.2. The van der Waals surface area contributed by atoms with Crippen LogP contribution in [0.25, 0.3) is 11.3 Å². The number of fused-ring (bicyclic) bond motifs is 1. The van der Waals surface area contributed by atoms with E-state index in [1.54, 1.807) is 13.2 Å². The maximum Gasteiger partial charge on any atom is 0.262 e. The van der Waals surface area contributed by atoms with Crippen molar-refractivity contribution in [3.8, 4) is 28.5 Å². The number of thiazole rings is 1. The van der Waals surface area contributed by atoms with Gasteiger partial charge in [0.05, 0.1) is 25.1 Å². The fourth-order valence-electron chi connectivity index (χ4n) is 2.98. The summed E-state index contributed by atoms with van der Waals surface area (Å²) < 4.78 is 16.1. The van der Waals surface area contributed by atoms with E-state index in [4.69, 9.17) is 14.2 Å². The SMILES string of the molecule is COc1ccc(OCCCC(=O)Nc2nc(-c3ccc4c(c3)NC(=O)CO4)cs2)cc1. The molecule has 0 saturated carbocycles. The molecule has 0 atom stereocenters. The largest absolute Gasteiger partial charge is 0.497 e. The van der Waals surface area contributed by atoms with Gasteiger partial charge in [-0.1, -0.05) is 0 Å². The molecule has 0 bridgehead atoms. The standard InChI is InChI=1S/C22H21N3O5S/c1-28-15-5-7-16(8-6-15)29-10-2-3-20(26)25-22-24-18(13-31-22)14-4-9-19-17(11-14)23-21(27)12-30-19/h4-9,11,13H,2-3,10,12H2,1H3,(H,23,27)(H,24,25,26). The molecule has 2 N–H and O–H groups in total. The van der Waals surface area contributed by atoms with Gasteiger partial charge in [0, 0.05) is 17.4 Å². The molecule has 1 aromatic heterocycles. The highest BCUT2D eigenvalue weighted by atomic mass is 32.1. The van der Waals surface area contributed by atoms with E-state index in [9.17, 15) is 9.59 Å². The Morgan fingerprint density at radius 1 is 1.23 bits per heavy atom. The molecule has 1 aliphatic heterocycles. The monoisotopic (exact) mass is 439 g/mol. The highest BCUT2D eigenvalue weighted by molar-refractivity contribution is 7.14. The smallest absolute Gasteiger partial charge is 0.262 e. The molecule has 2 aromatic carbocycles. The molecule has 2 amide bonds. The van der Waals surface area contributed by atoms with E-state index in [1.165, 1.54) is 11.3 Å². The highest BCUT2D eigenvalue weighted by Crippen LogP contribution is 2.33. The predicted octanol–water partition coefficient (Wildman–Crippen LogP) is 3.95. The highest BCUT2D eigenvalue weighted by Gasteiger charge is 2.17. The van der Waals surface area contributed by atoms with Crippen LogP contribution in [-0.2, 0) is 9.59 Å². The van der Waals surface area contributed by atoms with E-state index in [2.05, 4.69) is 15.6 Å². The summed E-state index contributed by atoms with van der Waals surface area (Å²) in [7, 11) is 1.61. The molecule has 3 aromatic rings. The first-order chi connectivity index (χ1) is 15.1. The van der Waals surface area contributed by atoms with Gasteiger partial charge in [-0.3, -0.25) is 9.59 Å². The summed E-state index contributed by atoms with van der Waals surface area (Å²) in [6, 6.07) is 12.8. The summed E-state index contributed by atoms with van der Waals surface area (Å²) in [6.45, 7) is 0.455. The topological polar surface area (TPSA) is 98.8 Å². The predicted molar refractivity (Wildman–Crippen MR) is 118 cm³/mol. The van der Waals surface area contributed by atoms with Crippen LogP contribution in [0.3, 0.4) is 0 Å². The lowest BCUT2D eigenvalue weighted by atomic mass is 10.1. The number of benzene rings is 2. The molecule has 8 nitrogen and oxygen atoms in total. The summed E-state index contributed by atoms with van der Waals surface area (Å²) in [5.41, 5.74) is 2.16. The van der Waals surface area contributed by atoms with E-state index in [-0.39, 0.29) is 18.4 Å². The van der Waals surface area contributed by atoms with Crippen LogP contribution in [-0.4, -0.2) is 37.1 Å². The Kier molecular flexibility index (Phi) is 6.32. The van der Waals surface area contributed by atoms with Crippen molar-refractivity contribution in [1.82, 2.24) is 4.98 Å². The van der Waals surface area contributed by atoms with E-state index in [0.29, 0.717) is 41.7 Å². The van der Waals surface area contributed by atoms with Crippen molar-refractivity contribution < 1.29 is 23.8 Å². The van der Waals surface area contributed by atoms with E-state index in [0.717, 1.165) is 17.1 Å². The van der Waals surface area contributed by atoms with Gasteiger partial charge in [0.15, 0.2) is 11.7 Å². The molecule has 1 aliphatic rings. The minimum Gasteiger partial charge on any atom is -0.497 e. The van der Waals surface area contributed by atoms with Crippen LogP contribution < -0.4 is 24.8 Å². The van der Waals surface area contributed by atoms with Gasteiger partial charge in [-0.25, -0.2) is 4.98 Å². The molecule has 31 heavy (non-hydrogen) atoms. The summed E-state index contributed by atoms with van der Waals surface area (Å²) in [6.07, 6.45) is 0.911. The summed E-state index contributed by atoms with van der Waals surface area (Å²) in [5.74, 6) is 1.82. The number of nitrogens with zero attached hydrogens (tertiary/aromatic N) is 1. The number of methoxy groups -OCH3 is 1. The van der Waals surface area contributed by atoms with Crippen molar-refractivity contribution in [2.24, 2.45) is 0 Å². The number of hydrogen-bond donors (Lipinski definition) is 2. The number of carbonyl (C=O) groups is 2. The number of nitrogens with one attached hydrogen (secondary N) is 2. The number of anilines is 2. The Morgan fingerprint density at radius 3 is 2.84 bits per heavy atom. The number of carbonyl (C=O) groups excluding carboxylic acids is 2. The Balaban J connectivity index is 1.26. The van der Waals surface area contributed by atoms with Gasteiger partial charge < -0.3 is 24.8 Å². The molecule has 0 unspecified atom stereocenters. The second-order valence-electron chi connectivity index (χ2n) is 6.76. The van der Waals surface area contributed by atoms with Gasteiger partial charge in [-0.15, -0.1) is 11.3 Å². The first-order valence-corrected chi connectivity index (χ1v) is 10.6. The first-order valence-electron chi connectivity index (χ1n) is 9.70. The minimum absolute atomic E-state index is 0.0182. The normalized spacial score (nSPS) is 12.4. The third-order valence-electron chi connectivity index (χ3n) is 4.54. The Bertz CT molecular complexity index is 1080. The summed E-state index contributed by atoms with van der Waals surface area (Å²) in [5, 5.41) is 7.98. The molecule has 0 fully saturated rings. The fraction of sp³-hybridized carbons (Fsp3) is 0.227. The number of hydrogen-bond acceptors (Lipinski definition) is 7. The average molecular weight is 439 g/mol. The quantitative estimate of drug-likeness (QED) is 0.516. The first kappa shape index (κ1) is 20.7. The molecule has 0 radical (unpaired) electrons. The summed E-state index contributed by atoms with van der Waals surface area (Å²) >= 11 is 1.35. The van der Waals surface area contributed by atoms with Crippen LogP contribution in [0, 0.1) is 0 Å². The van der Waals surface area contributed by atoms with Crippen LogP contribution in [0.15, 0.2) is 47.8 Å². The molecule has 0 spiro atoms. The zero-order valence-corrected chi connectivity index (χ0v) is 17.7. The van der Waals surface area contributed by atoms with Crippen molar-refractivity contribution in [3.05, 3.63) is 47.8 Å². The maximum absolute atomic E-state index is 12.2. The fourth-order valence-corrected chi connectivity index (χ4v) is 3.72. The van der Waals surface area contributed by atoms with E-state index >= 15 is 0 Å². The Hall–Kier alpha value is -3.59. The molecule has 2 heterocycles. The molecular weight excluding hydrogens is 418 g/mol. The van der Waals surface area contributed by atoms with Crippen molar-refractivity contribution in [2.75, 3.05) is 31.0 Å². The van der Waals surface area contributed by atoms with Crippen LogP contribution in [0.5, 0.6) is 17.2 Å². The molecule has 9 heteroatoms. The lowest BCUT2D eigenvalue weighted by Crippen LogP contribution is -2.25. The van der Waals surface area contributed by atoms with E-state index < -0.39 is 0 Å². The van der Waals surface area contributed by atoms with Crippen LogP contribution >= 0.6 is 11.3 Å². The second kappa shape index (κ2) is 9.48. The van der Waals surface area contributed by atoms with Crippen molar-refractivity contribution in [3.63, 3.8) is 0 Å². The van der Waals surface area contributed by atoms with Gasteiger partial charge >= 0.3 is 0 Å². The number of ether oxygens (including phenoxy) is 3. The lowest BCUT2D eigenvalue weighted by Gasteiger charge is -2.18. The molecular formula is C22H21N3O5S. The molecule has 0 aliphatic carbocycles. The molecule has 160 valence electrons. The van der Waals surface area contributed by atoms with Gasteiger partial charge in [0.2, 0.25) is 5.91 Å². The average Bonchev–Trinajstić information content (AvgIpc) is 3.25. The Morgan fingerprint density at radius 2 is 2.03 bits per heavy atom. The van der Waals surface area contributed by atoms with Crippen LogP contribution in [0.1, 0.15) is 12.8 Å². The second-order valence-corrected chi connectivity index (χ2v) is 7.62. The van der Waals surface area contributed by atoms with Crippen molar-refractivity contribution in [1.29, 1.82) is 0 Å². The van der Waals surface area contributed by atoms with Crippen LogP contribution in [0.4, 0.5) is 10.8 Å². The van der Waals surface area contributed by atoms with Gasteiger partial charge in [-0.2, -0.15) is 0 Å². The third-order valence-corrected chi connectivity index (χ3v) is 5.29. The number of amides is 2. The zero-order chi connectivity index (χ0) is 21.6. The summed E-state index contributed by atoms with van der Waals surface area (Å²) in [4.78, 5) is 28.2. The number of rotatable bonds is 8. The number of aromatic nitrogens is 1. The van der Waals surface area contributed by atoms with Gasteiger partial charge in [-0.05, 0) is 48.9 Å².